The van der Waals surface area contributed by atoms with Gasteiger partial charge in [0.25, 0.3) is 0 Å². The standard InChI is InChI=1S/C19H20N2O6S/c1-26-18(22)14-9-15(19(23)27-2)11-16(10-14)28(24,25)21-8-4-6-17(21)13-5-3-7-20-12-13/h3,5,7,9-12,17H,4,6,8H2,1-2H3/t17-/m1/s1. The van der Waals surface area contributed by atoms with E-state index in [1.54, 1.807) is 18.5 Å². The number of carbonyl (C=O) groups excluding carboxylic acids is 2. The average molecular weight is 404 g/mol. The van der Waals surface area contributed by atoms with Crippen molar-refractivity contribution in [2.45, 2.75) is 23.8 Å². The predicted octanol–water partition coefficient (Wildman–Crippen LogP) is 2.18. The van der Waals surface area contributed by atoms with Crippen LogP contribution in [0.5, 0.6) is 0 Å². The first-order chi connectivity index (χ1) is 13.4. The number of hydrogen-bond donors (Lipinski definition) is 0. The molecular formula is C19H20N2O6S. The van der Waals surface area contributed by atoms with Gasteiger partial charge >= 0.3 is 11.9 Å². The maximum atomic E-state index is 13.3. The molecule has 8 nitrogen and oxygen atoms in total. The molecule has 1 atom stereocenters. The number of aromatic nitrogens is 1. The molecule has 1 aromatic carbocycles. The summed E-state index contributed by atoms with van der Waals surface area (Å²) in [5.41, 5.74) is 0.711. The summed E-state index contributed by atoms with van der Waals surface area (Å²) >= 11 is 0. The summed E-state index contributed by atoms with van der Waals surface area (Å²) in [7, 11) is -1.61. The summed E-state index contributed by atoms with van der Waals surface area (Å²) < 4.78 is 37.4. The Morgan fingerprint density at radius 1 is 1.11 bits per heavy atom. The highest BCUT2D eigenvalue weighted by Crippen LogP contribution is 2.36. The van der Waals surface area contributed by atoms with Crippen LogP contribution in [0.3, 0.4) is 0 Å². The molecule has 3 rings (SSSR count). The number of sulfonamides is 1. The first kappa shape index (κ1) is 20.0. The molecule has 0 spiro atoms. The molecule has 0 radical (unpaired) electrons. The zero-order chi connectivity index (χ0) is 20.3. The van der Waals surface area contributed by atoms with Gasteiger partial charge in [-0.15, -0.1) is 0 Å². The van der Waals surface area contributed by atoms with Crippen molar-refractivity contribution in [3.05, 3.63) is 59.4 Å². The normalized spacial score (nSPS) is 17.3. The Hall–Kier alpha value is -2.78. The number of rotatable bonds is 5. The van der Waals surface area contributed by atoms with Gasteiger partial charge in [0.2, 0.25) is 10.0 Å². The van der Waals surface area contributed by atoms with Crippen molar-refractivity contribution in [1.82, 2.24) is 9.29 Å². The van der Waals surface area contributed by atoms with Crippen LogP contribution in [0.4, 0.5) is 0 Å². The van der Waals surface area contributed by atoms with Crippen LogP contribution < -0.4 is 0 Å². The van der Waals surface area contributed by atoms with E-state index in [4.69, 9.17) is 0 Å². The van der Waals surface area contributed by atoms with Crippen molar-refractivity contribution < 1.29 is 27.5 Å². The highest BCUT2D eigenvalue weighted by Gasteiger charge is 2.37. The minimum absolute atomic E-state index is 0.0406. The van der Waals surface area contributed by atoms with Gasteiger partial charge in [0.1, 0.15) is 0 Å². The predicted molar refractivity (Wildman–Crippen MR) is 99.2 cm³/mol. The lowest BCUT2D eigenvalue weighted by Crippen LogP contribution is -2.31. The fourth-order valence-electron chi connectivity index (χ4n) is 3.29. The van der Waals surface area contributed by atoms with Crippen molar-refractivity contribution >= 4 is 22.0 Å². The molecule has 0 saturated carbocycles. The molecule has 0 unspecified atom stereocenters. The third kappa shape index (κ3) is 3.76. The number of benzene rings is 1. The fourth-order valence-corrected chi connectivity index (χ4v) is 5.04. The Labute approximate surface area is 163 Å². The SMILES string of the molecule is COC(=O)c1cc(C(=O)OC)cc(S(=O)(=O)N2CCC[C@@H]2c2cccnc2)c1. The molecule has 148 valence electrons. The number of pyridine rings is 1. The van der Waals surface area contributed by atoms with Crippen LogP contribution in [-0.2, 0) is 19.5 Å². The molecule has 1 aromatic heterocycles. The van der Waals surface area contributed by atoms with E-state index in [-0.39, 0.29) is 22.1 Å². The maximum Gasteiger partial charge on any atom is 0.337 e. The highest BCUT2D eigenvalue weighted by atomic mass is 32.2. The summed E-state index contributed by atoms with van der Waals surface area (Å²) in [5.74, 6) is -1.49. The van der Waals surface area contributed by atoms with Gasteiger partial charge in [-0.25, -0.2) is 18.0 Å². The monoisotopic (exact) mass is 404 g/mol. The third-order valence-corrected chi connectivity index (χ3v) is 6.51. The van der Waals surface area contributed by atoms with Crippen molar-refractivity contribution in [2.75, 3.05) is 20.8 Å². The van der Waals surface area contributed by atoms with Crippen LogP contribution in [-0.4, -0.2) is 50.4 Å². The molecule has 28 heavy (non-hydrogen) atoms. The van der Waals surface area contributed by atoms with Crippen molar-refractivity contribution in [1.29, 1.82) is 0 Å². The van der Waals surface area contributed by atoms with Crippen molar-refractivity contribution in [2.24, 2.45) is 0 Å². The molecular weight excluding hydrogens is 384 g/mol. The van der Waals surface area contributed by atoms with E-state index in [1.807, 2.05) is 6.07 Å². The van der Waals surface area contributed by atoms with Gasteiger partial charge in [0, 0.05) is 18.9 Å². The fraction of sp³-hybridized carbons (Fsp3) is 0.316. The highest BCUT2D eigenvalue weighted by molar-refractivity contribution is 7.89. The molecule has 1 aliphatic heterocycles. The molecule has 1 aliphatic rings. The van der Waals surface area contributed by atoms with Gasteiger partial charge in [-0.3, -0.25) is 4.98 Å². The molecule has 0 amide bonds. The first-order valence-corrected chi connectivity index (χ1v) is 10.1. The molecule has 9 heteroatoms. The van der Waals surface area contributed by atoms with Crippen LogP contribution in [0.2, 0.25) is 0 Å². The lowest BCUT2D eigenvalue weighted by molar-refractivity contribution is 0.0598. The summed E-state index contributed by atoms with van der Waals surface area (Å²) in [6.45, 7) is 0.331. The topological polar surface area (TPSA) is 103 Å². The lowest BCUT2D eigenvalue weighted by Gasteiger charge is -2.24. The van der Waals surface area contributed by atoms with Crippen molar-refractivity contribution in [3.63, 3.8) is 0 Å². The van der Waals surface area contributed by atoms with Gasteiger partial charge in [0.15, 0.2) is 0 Å². The zero-order valence-electron chi connectivity index (χ0n) is 15.5. The number of ether oxygens (including phenoxy) is 2. The van der Waals surface area contributed by atoms with Gasteiger partial charge in [-0.1, -0.05) is 6.07 Å². The van der Waals surface area contributed by atoms with E-state index in [1.165, 1.54) is 36.7 Å². The number of esters is 2. The Kier molecular flexibility index (Phi) is 5.76. The maximum absolute atomic E-state index is 13.3. The van der Waals surface area contributed by atoms with E-state index >= 15 is 0 Å². The van der Waals surface area contributed by atoms with E-state index < -0.39 is 22.0 Å². The number of carbonyl (C=O) groups is 2. The van der Waals surface area contributed by atoms with Crippen LogP contribution in [0.25, 0.3) is 0 Å². The van der Waals surface area contributed by atoms with Crippen LogP contribution >= 0.6 is 0 Å². The minimum Gasteiger partial charge on any atom is -0.465 e. The summed E-state index contributed by atoms with van der Waals surface area (Å²) in [6.07, 6.45) is 4.62. The van der Waals surface area contributed by atoms with Gasteiger partial charge < -0.3 is 9.47 Å². The Morgan fingerprint density at radius 3 is 2.29 bits per heavy atom. The van der Waals surface area contributed by atoms with Crippen LogP contribution in [0.15, 0.2) is 47.6 Å². The Bertz CT molecular complexity index is 956. The molecule has 2 heterocycles. The summed E-state index contributed by atoms with van der Waals surface area (Å²) in [4.78, 5) is 27.9. The first-order valence-electron chi connectivity index (χ1n) is 8.62. The largest absolute Gasteiger partial charge is 0.465 e. The second kappa shape index (κ2) is 8.07. The molecule has 0 N–H and O–H groups in total. The second-order valence-electron chi connectivity index (χ2n) is 6.29. The quantitative estimate of drug-likeness (QED) is 0.704. The molecule has 0 aliphatic carbocycles. The second-order valence-corrected chi connectivity index (χ2v) is 8.18. The van der Waals surface area contributed by atoms with E-state index in [2.05, 4.69) is 14.5 Å². The van der Waals surface area contributed by atoms with Crippen molar-refractivity contribution in [3.8, 4) is 0 Å². The van der Waals surface area contributed by atoms with E-state index in [0.717, 1.165) is 5.56 Å². The number of methoxy groups -OCH3 is 2. The van der Waals surface area contributed by atoms with Gasteiger partial charge in [-0.2, -0.15) is 4.31 Å². The smallest absolute Gasteiger partial charge is 0.337 e. The van der Waals surface area contributed by atoms with E-state index in [9.17, 15) is 18.0 Å². The molecule has 1 saturated heterocycles. The molecule has 1 fully saturated rings. The Balaban J connectivity index is 2.07. The zero-order valence-corrected chi connectivity index (χ0v) is 16.3. The van der Waals surface area contributed by atoms with Crippen LogP contribution in [0.1, 0.15) is 45.2 Å². The average Bonchev–Trinajstić information content (AvgIpc) is 3.23. The summed E-state index contributed by atoms with van der Waals surface area (Å²) in [5, 5.41) is 0. The molecule has 0 bridgehead atoms. The number of nitrogens with zero attached hydrogens (tertiary/aromatic N) is 2. The molecule has 2 aromatic rings. The van der Waals surface area contributed by atoms with Crippen LogP contribution in [0, 0.1) is 0 Å². The Morgan fingerprint density at radius 2 is 1.75 bits per heavy atom. The lowest BCUT2D eigenvalue weighted by atomic mass is 10.1. The van der Waals surface area contributed by atoms with Gasteiger partial charge in [0.05, 0.1) is 36.3 Å². The third-order valence-electron chi connectivity index (χ3n) is 4.63. The summed E-state index contributed by atoms with van der Waals surface area (Å²) in [6, 6.07) is 6.90. The number of hydrogen-bond acceptors (Lipinski definition) is 7. The van der Waals surface area contributed by atoms with Gasteiger partial charge in [-0.05, 0) is 42.7 Å². The minimum atomic E-state index is -3.97. The van der Waals surface area contributed by atoms with E-state index in [0.29, 0.717) is 19.4 Å².